The van der Waals surface area contributed by atoms with Crippen LogP contribution in [0.3, 0.4) is 0 Å². The second-order valence-corrected chi connectivity index (χ2v) is 5.34. The Labute approximate surface area is 144 Å². The number of benzene rings is 1. The molecule has 0 unspecified atom stereocenters. The number of ether oxygens (including phenoxy) is 1. The number of hydrogen-bond donors (Lipinski definition) is 0. The Bertz CT molecular complexity index is 901. The highest BCUT2D eigenvalue weighted by atomic mass is 35.5. The Morgan fingerprint density at radius 1 is 1.32 bits per heavy atom. The lowest BCUT2D eigenvalue weighted by molar-refractivity contribution is -0.146. The van der Waals surface area contributed by atoms with Gasteiger partial charge >= 0.3 is 12.1 Å². The van der Waals surface area contributed by atoms with Gasteiger partial charge in [0.25, 0.3) is 5.56 Å². The van der Waals surface area contributed by atoms with E-state index in [1.165, 1.54) is 6.07 Å². The number of rotatable bonds is 4. The Morgan fingerprint density at radius 3 is 2.64 bits per heavy atom. The zero-order chi connectivity index (χ0) is 18.6. The van der Waals surface area contributed by atoms with Gasteiger partial charge in [0, 0.05) is 11.8 Å². The minimum Gasteiger partial charge on any atom is -0.459 e. The molecule has 1 heterocycles. The van der Waals surface area contributed by atoms with Crippen molar-refractivity contribution in [3.63, 3.8) is 0 Å². The first kappa shape index (κ1) is 18.5. The van der Waals surface area contributed by atoms with Crippen molar-refractivity contribution >= 4 is 17.6 Å². The van der Waals surface area contributed by atoms with Gasteiger partial charge in [-0.25, -0.2) is 0 Å². The number of alkyl halides is 3. The van der Waals surface area contributed by atoms with Crippen molar-refractivity contribution in [3.8, 4) is 6.07 Å². The number of pyridine rings is 1. The largest absolute Gasteiger partial charge is 0.459 e. The average Bonchev–Trinajstić information content (AvgIpc) is 2.56. The van der Waals surface area contributed by atoms with Crippen molar-refractivity contribution in [2.24, 2.45) is 0 Å². The minimum absolute atomic E-state index is 0.246. The molecule has 1 aromatic heterocycles. The molecule has 0 aliphatic rings. The second-order valence-electron chi connectivity index (χ2n) is 4.94. The van der Waals surface area contributed by atoms with Crippen LogP contribution in [0.1, 0.15) is 16.7 Å². The van der Waals surface area contributed by atoms with E-state index >= 15 is 0 Å². The fourth-order valence-electron chi connectivity index (χ4n) is 1.97. The number of hydrogen-bond acceptors (Lipinski definition) is 4. The topological polar surface area (TPSA) is 72.1 Å². The van der Waals surface area contributed by atoms with E-state index < -0.39 is 34.8 Å². The normalized spacial score (nSPS) is 11.0. The molecule has 0 fully saturated rings. The van der Waals surface area contributed by atoms with Gasteiger partial charge in [0.2, 0.25) is 0 Å². The number of carbonyl (C=O) groups excluding carboxylic acids is 1. The van der Waals surface area contributed by atoms with E-state index in [9.17, 15) is 22.8 Å². The molecule has 0 saturated heterocycles. The zero-order valence-electron chi connectivity index (χ0n) is 12.5. The van der Waals surface area contributed by atoms with Gasteiger partial charge in [-0.1, -0.05) is 29.8 Å². The van der Waals surface area contributed by atoms with E-state index in [1.807, 2.05) is 6.07 Å². The van der Waals surface area contributed by atoms with Crippen LogP contribution in [0.4, 0.5) is 13.2 Å². The predicted molar refractivity (Wildman–Crippen MR) is 81.7 cm³/mol. The van der Waals surface area contributed by atoms with Gasteiger partial charge in [-0.05, 0) is 12.1 Å². The standard InChI is InChI=1S/C16H10ClF3N2O3/c17-13-5-12(16(18,19)20)7-22(15(13)24)8-14(23)25-9-11-4-2-1-3-10(11)6-21/h1-5,7H,8-9H2. The van der Waals surface area contributed by atoms with Crippen molar-refractivity contribution in [2.45, 2.75) is 19.3 Å². The molecular formula is C16H10ClF3N2O3. The molecule has 0 amide bonds. The lowest BCUT2D eigenvalue weighted by Crippen LogP contribution is -2.27. The first-order valence-corrected chi connectivity index (χ1v) is 7.21. The molecule has 0 N–H and O–H groups in total. The molecule has 0 radical (unpaired) electrons. The van der Waals surface area contributed by atoms with Gasteiger partial charge in [-0.2, -0.15) is 18.4 Å². The highest BCUT2D eigenvalue weighted by Crippen LogP contribution is 2.29. The first-order chi connectivity index (χ1) is 11.7. The van der Waals surface area contributed by atoms with Crippen molar-refractivity contribution in [1.29, 1.82) is 5.26 Å². The molecule has 0 saturated carbocycles. The van der Waals surface area contributed by atoms with E-state index in [0.29, 0.717) is 28.0 Å². The molecule has 0 aliphatic heterocycles. The molecule has 0 atom stereocenters. The third kappa shape index (κ3) is 4.61. The summed E-state index contributed by atoms with van der Waals surface area (Å²) in [5.41, 5.74) is -1.36. The fourth-order valence-corrected chi connectivity index (χ4v) is 2.20. The number of nitriles is 1. The Balaban J connectivity index is 2.14. The fraction of sp³-hybridized carbons (Fsp3) is 0.188. The maximum atomic E-state index is 12.7. The lowest BCUT2D eigenvalue weighted by atomic mass is 10.1. The monoisotopic (exact) mass is 370 g/mol. The van der Waals surface area contributed by atoms with Gasteiger partial charge < -0.3 is 9.30 Å². The second kappa shape index (κ2) is 7.40. The van der Waals surface area contributed by atoms with Gasteiger partial charge in [-0.3, -0.25) is 9.59 Å². The van der Waals surface area contributed by atoms with Gasteiger partial charge in [0.1, 0.15) is 18.2 Å². The average molecular weight is 371 g/mol. The summed E-state index contributed by atoms with van der Waals surface area (Å²) >= 11 is 5.50. The van der Waals surface area contributed by atoms with Crippen LogP contribution in [0.2, 0.25) is 5.02 Å². The zero-order valence-corrected chi connectivity index (χ0v) is 13.3. The third-order valence-corrected chi connectivity index (χ3v) is 3.47. The van der Waals surface area contributed by atoms with Crippen LogP contribution in [-0.2, 0) is 28.9 Å². The van der Waals surface area contributed by atoms with Crippen LogP contribution in [0.15, 0.2) is 41.3 Å². The molecule has 130 valence electrons. The minimum atomic E-state index is -4.71. The molecule has 25 heavy (non-hydrogen) atoms. The summed E-state index contributed by atoms with van der Waals surface area (Å²) in [5, 5.41) is 8.28. The summed E-state index contributed by atoms with van der Waals surface area (Å²) in [4.78, 5) is 23.6. The molecule has 2 aromatic rings. The van der Waals surface area contributed by atoms with Crippen LogP contribution in [0, 0.1) is 11.3 Å². The van der Waals surface area contributed by atoms with Crippen LogP contribution in [0.5, 0.6) is 0 Å². The highest BCUT2D eigenvalue weighted by Gasteiger charge is 2.32. The lowest BCUT2D eigenvalue weighted by Gasteiger charge is -2.12. The highest BCUT2D eigenvalue weighted by molar-refractivity contribution is 6.30. The van der Waals surface area contributed by atoms with Gasteiger partial charge in [0.15, 0.2) is 0 Å². The smallest absolute Gasteiger partial charge is 0.417 e. The van der Waals surface area contributed by atoms with Crippen molar-refractivity contribution in [2.75, 3.05) is 0 Å². The molecule has 0 aliphatic carbocycles. The molecule has 0 bridgehead atoms. The van der Waals surface area contributed by atoms with E-state index in [2.05, 4.69) is 0 Å². The summed E-state index contributed by atoms with van der Waals surface area (Å²) in [6.07, 6.45) is -4.21. The van der Waals surface area contributed by atoms with E-state index in [1.54, 1.807) is 18.2 Å². The van der Waals surface area contributed by atoms with E-state index in [4.69, 9.17) is 21.6 Å². The Morgan fingerprint density at radius 2 is 2.00 bits per heavy atom. The molecule has 1 aromatic carbocycles. The Kier molecular flexibility index (Phi) is 5.49. The summed E-state index contributed by atoms with van der Waals surface area (Å²) < 4.78 is 43.7. The third-order valence-electron chi connectivity index (χ3n) is 3.20. The van der Waals surface area contributed by atoms with Crippen LogP contribution in [0.25, 0.3) is 0 Å². The van der Waals surface area contributed by atoms with Crippen molar-refractivity contribution in [1.82, 2.24) is 4.57 Å². The number of halogens is 4. The Hall–Kier alpha value is -2.79. The van der Waals surface area contributed by atoms with E-state index in [-0.39, 0.29) is 6.61 Å². The van der Waals surface area contributed by atoms with Crippen LogP contribution < -0.4 is 5.56 Å². The number of aromatic nitrogens is 1. The molecule has 9 heteroatoms. The summed E-state index contributed by atoms with van der Waals surface area (Å²) in [5.74, 6) is -0.940. The SMILES string of the molecule is N#Cc1ccccc1COC(=O)Cn1cc(C(F)(F)F)cc(Cl)c1=O. The number of esters is 1. The van der Waals surface area contributed by atoms with E-state index in [0.717, 1.165) is 0 Å². The summed E-state index contributed by atoms with van der Waals surface area (Å²) in [6, 6.07) is 8.79. The quantitative estimate of drug-likeness (QED) is 0.775. The van der Waals surface area contributed by atoms with Crippen molar-refractivity contribution in [3.05, 3.63) is 68.6 Å². The van der Waals surface area contributed by atoms with Crippen molar-refractivity contribution < 1.29 is 22.7 Å². The predicted octanol–water partition coefficient (Wildman–Crippen LogP) is 3.14. The molecule has 5 nitrogen and oxygen atoms in total. The number of carbonyl (C=O) groups is 1. The molecule has 0 spiro atoms. The first-order valence-electron chi connectivity index (χ1n) is 6.83. The summed E-state index contributed by atoms with van der Waals surface area (Å²) in [6.45, 7) is -0.985. The van der Waals surface area contributed by atoms with Gasteiger partial charge in [0.05, 0.1) is 17.2 Å². The van der Waals surface area contributed by atoms with Crippen LogP contribution >= 0.6 is 11.6 Å². The van der Waals surface area contributed by atoms with Gasteiger partial charge in [-0.15, -0.1) is 0 Å². The maximum absolute atomic E-state index is 12.7. The van der Waals surface area contributed by atoms with Crippen LogP contribution in [-0.4, -0.2) is 10.5 Å². The molecular weight excluding hydrogens is 361 g/mol. The maximum Gasteiger partial charge on any atom is 0.417 e. The summed E-state index contributed by atoms with van der Waals surface area (Å²) in [7, 11) is 0. The number of nitrogens with zero attached hydrogens (tertiary/aromatic N) is 2. The molecule has 2 rings (SSSR count).